The molecule has 0 saturated carbocycles. The van der Waals surface area contributed by atoms with Crippen molar-refractivity contribution in [2.24, 2.45) is 0 Å². The average Bonchev–Trinajstić information content (AvgIpc) is 2.92. The highest BCUT2D eigenvalue weighted by Gasteiger charge is 2.24. The van der Waals surface area contributed by atoms with E-state index in [0.29, 0.717) is 37.4 Å². The van der Waals surface area contributed by atoms with Crippen LogP contribution >= 0.6 is 0 Å². The maximum atomic E-state index is 13.7. The third-order valence-electron chi connectivity index (χ3n) is 6.49. The summed E-state index contributed by atoms with van der Waals surface area (Å²) in [5.41, 5.74) is 0.933. The van der Waals surface area contributed by atoms with Crippen molar-refractivity contribution in [1.82, 2.24) is 19.8 Å². The van der Waals surface area contributed by atoms with Crippen LogP contribution in [-0.2, 0) is 11.2 Å². The number of benzene rings is 2. The molecule has 1 aliphatic heterocycles. The number of hydrogen-bond acceptors (Lipinski definition) is 6. The van der Waals surface area contributed by atoms with Crippen LogP contribution in [0.2, 0.25) is 0 Å². The molecule has 0 spiro atoms. The molecule has 38 heavy (non-hydrogen) atoms. The number of halogens is 2. The predicted molar refractivity (Wildman–Crippen MR) is 138 cm³/mol. The largest absolute Gasteiger partial charge is 0.505 e. The summed E-state index contributed by atoms with van der Waals surface area (Å²) in [6, 6.07) is 12.9. The van der Waals surface area contributed by atoms with Crippen molar-refractivity contribution in [1.29, 1.82) is 0 Å². The Morgan fingerprint density at radius 2 is 1.66 bits per heavy atom. The summed E-state index contributed by atoms with van der Waals surface area (Å²) in [5, 5.41) is 13.7. The standard InChI is InChI=1S/C28H26F2N4O4/c29-20-3-1-18(2-4-20)15-19-16-23-25(32-17-19)26(35)24(27(36)31-9-10-33-11-13-38-14-12-33)28(37)34(23)22-7-5-21(30)6-8-22/h1-8,16-17,35H,9-15H2,(H,31,36). The van der Waals surface area contributed by atoms with E-state index in [2.05, 4.69) is 15.2 Å². The number of aromatic hydroxyl groups is 1. The van der Waals surface area contributed by atoms with E-state index in [1.165, 1.54) is 47.2 Å². The van der Waals surface area contributed by atoms with E-state index in [4.69, 9.17) is 4.74 Å². The van der Waals surface area contributed by atoms with E-state index in [0.717, 1.165) is 18.7 Å². The minimum atomic E-state index is -0.758. The molecule has 5 rings (SSSR count). The molecular weight excluding hydrogens is 494 g/mol. The van der Waals surface area contributed by atoms with E-state index in [9.17, 15) is 23.5 Å². The van der Waals surface area contributed by atoms with Crippen molar-refractivity contribution in [2.75, 3.05) is 39.4 Å². The van der Waals surface area contributed by atoms with Crippen LogP contribution in [0.15, 0.2) is 65.6 Å². The monoisotopic (exact) mass is 520 g/mol. The van der Waals surface area contributed by atoms with Crippen LogP contribution in [-0.4, -0.2) is 64.9 Å². The van der Waals surface area contributed by atoms with Crippen molar-refractivity contribution in [3.8, 4) is 11.4 Å². The molecule has 0 atom stereocenters. The highest BCUT2D eigenvalue weighted by Crippen LogP contribution is 2.28. The lowest BCUT2D eigenvalue weighted by Gasteiger charge is -2.26. The number of pyridine rings is 2. The first kappa shape index (κ1) is 25.5. The Kier molecular flexibility index (Phi) is 7.43. The van der Waals surface area contributed by atoms with Crippen LogP contribution in [0.25, 0.3) is 16.7 Å². The van der Waals surface area contributed by atoms with E-state index in [1.807, 2.05) is 0 Å². The molecule has 2 N–H and O–H groups in total. The number of nitrogens with one attached hydrogen (secondary N) is 1. The summed E-state index contributed by atoms with van der Waals surface area (Å²) in [6.45, 7) is 3.58. The van der Waals surface area contributed by atoms with Gasteiger partial charge >= 0.3 is 0 Å². The predicted octanol–water partition coefficient (Wildman–Crippen LogP) is 3.02. The molecule has 8 nitrogen and oxygen atoms in total. The van der Waals surface area contributed by atoms with Crippen LogP contribution in [0, 0.1) is 11.6 Å². The number of carbonyl (C=O) groups is 1. The number of morpholine rings is 1. The third kappa shape index (κ3) is 5.41. The van der Waals surface area contributed by atoms with E-state index < -0.39 is 28.6 Å². The van der Waals surface area contributed by atoms with Crippen LogP contribution in [0.4, 0.5) is 8.78 Å². The van der Waals surface area contributed by atoms with Gasteiger partial charge in [0.05, 0.1) is 18.7 Å². The molecule has 1 aliphatic rings. The SMILES string of the molecule is O=C(NCCN1CCOCC1)c1c(O)c2ncc(Cc3ccc(F)cc3)cc2n(-c2ccc(F)cc2)c1=O. The summed E-state index contributed by atoms with van der Waals surface area (Å²) >= 11 is 0. The lowest BCUT2D eigenvalue weighted by molar-refractivity contribution is 0.0383. The van der Waals surface area contributed by atoms with Crippen LogP contribution in [0.5, 0.6) is 5.75 Å². The zero-order valence-electron chi connectivity index (χ0n) is 20.5. The smallest absolute Gasteiger partial charge is 0.272 e. The minimum Gasteiger partial charge on any atom is -0.505 e. The Hall–Kier alpha value is -4.15. The highest BCUT2D eigenvalue weighted by molar-refractivity contribution is 6.01. The van der Waals surface area contributed by atoms with Crippen molar-refractivity contribution in [3.63, 3.8) is 0 Å². The summed E-state index contributed by atoms with van der Waals surface area (Å²) in [7, 11) is 0. The molecule has 4 aromatic rings. The van der Waals surface area contributed by atoms with E-state index in [-0.39, 0.29) is 23.4 Å². The second-order valence-electron chi connectivity index (χ2n) is 9.07. The van der Waals surface area contributed by atoms with Gasteiger partial charge < -0.3 is 15.2 Å². The summed E-state index contributed by atoms with van der Waals surface area (Å²) < 4.78 is 33.6. The quantitative estimate of drug-likeness (QED) is 0.389. The van der Waals surface area contributed by atoms with Gasteiger partial charge in [0, 0.05) is 38.1 Å². The first-order chi connectivity index (χ1) is 18.4. The minimum absolute atomic E-state index is 0.0510. The van der Waals surface area contributed by atoms with Gasteiger partial charge in [-0.3, -0.25) is 24.0 Å². The van der Waals surface area contributed by atoms with E-state index in [1.54, 1.807) is 18.2 Å². The molecule has 1 fully saturated rings. The average molecular weight is 521 g/mol. The maximum Gasteiger partial charge on any atom is 0.272 e. The van der Waals surface area contributed by atoms with Gasteiger partial charge in [-0.05, 0) is 60.0 Å². The molecule has 0 unspecified atom stereocenters. The van der Waals surface area contributed by atoms with Gasteiger partial charge in [0.1, 0.15) is 22.7 Å². The van der Waals surface area contributed by atoms with E-state index >= 15 is 0 Å². The van der Waals surface area contributed by atoms with Crippen molar-refractivity contribution < 1.29 is 23.4 Å². The van der Waals surface area contributed by atoms with Gasteiger partial charge in [0.15, 0.2) is 5.75 Å². The fourth-order valence-corrected chi connectivity index (χ4v) is 4.52. The Morgan fingerprint density at radius 1 is 1.00 bits per heavy atom. The van der Waals surface area contributed by atoms with Gasteiger partial charge in [0.2, 0.25) is 0 Å². The Labute approximate surface area is 217 Å². The number of carbonyl (C=O) groups excluding carboxylic acids is 1. The molecular formula is C28H26F2N4O4. The molecule has 1 amide bonds. The molecule has 0 bridgehead atoms. The second-order valence-corrected chi connectivity index (χ2v) is 9.07. The fourth-order valence-electron chi connectivity index (χ4n) is 4.52. The lowest BCUT2D eigenvalue weighted by atomic mass is 10.0. The first-order valence-corrected chi connectivity index (χ1v) is 12.3. The van der Waals surface area contributed by atoms with Gasteiger partial charge in [-0.15, -0.1) is 0 Å². The van der Waals surface area contributed by atoms with Crippen LogP contribution in [0.3, 0.4) is 0 Å². The number of fused-ring (bicyclic) bond motifs is 1. The molecule has 1 saturated heterocycles. The fraction of sp³-hybridized carbons (Fsp3) is 0.250. The Morgan fingerprint density at radius 3 is 2.34 bits per heavy atom. The van der Waals surface area contributed by atoms with Crippen LogP contribution in [0.1, 0.15) is 21.5 Å². The normalized spacial score (nSPS) is 14.1. The molecule has 2 aromatic carbocycles. The van der Waals surface area contributed by atoms with Gasteiger partial charge in [-0.2, -0.15) is 0 Å². The zero-order chi connectivity index (χ0) is 26.6. The number of nitrogens with zero attached hydrogens (tertiary/aromatic N) is 3. The third-order valence-corrected chi connectivity index (χ3v) is 6.49. The topological polar surface area (TPSA) is 96.7 Å². The van der Waals surface area contributed by atoms with Gasteiger partial charge in [-0.1, -0.05) is 12.1 Å². The van der Waals surface area contributed by atoms with Gasteiger partial charge in [0.25, 0.3) is 11.5 Å². The molecule has 2 aromatic heterocycles. The van der Waals surface area contributed by atoms with Crippen molar-refractivity contribution in [2.45, 2.75) is 6.42 Å². The Balaban J connectivity index is 1.54. The van der Waals surface area contributed by atoms with Gasteiger partial charge in [-0.25, -0.2) is 8.78 Å². The summed E-state index contributed by atoms with van der Waals surface area (Å²) in [5.74, 6) is -2.09. The van der Waals surface area contributed by atoms with Crippen molar-refractivity contribution >= 4 is 16.9 Å². The second kappa shape index (κ2) is 11.1. The zero-order valence-corrected chi connectivity index (χ0v) is 20.5. The maximum absolute atomic E-state index is 13.7. The molecule has 0 radical (unpaired) electrons. The number of aromatic nitrogens is 2. The molecule has 196 valence electrons. The first-order valence-electron chi connectivity index (χ1n) is 12.3. The summed E-state index contributed by atoms with van der Waals surface area (Å²) in [6.07, 6.45) is 1.93. The molecule has 0 aliphatic carbocycles. The number of rotatable bonds is 7. The molecule has 3 heterocycles. The highest BCUT2D eigenvalue weighted by atomic mass is 19.1. The Bertz CT molecular complexity index is 1520. The lowest BCUT2D eigenvalue weighted by Crippen LogP contribution is -2.42. The molecule has 10 heteroatoms. The number of amides is 1. The van der Waals surface area contributed by atoms with Crippen molar-refractivity contribution in [3.05, 3.63) is 99.5 Å². The summed E-state index contributed by atoms with van der Waals surface area (Å²) in [4.78, 5) is 33.3. The number of hydrogen-bond donors (Lipinski definition) is 2. The number of ether oxygens (including phenoxy) is 1. The van der Waals surface area contributed by atoms with Crippen LogP contribution < -0.4 is 10.9 Å².